The van der Waals surface area contributed by atoms with Gasteiger partial charge in [0.1, 0.15) is 5.75 Å². The number of ether oxygens (including phenoxy) is 2. The van der Waals surface area contributed by atoms with Crippen LogP contribution in [-0.2, 0) is 4.79 Å². The van der Waals surface area contributed by atoms with E-state index in [4.69, 9.17) is 44.3 Å². The maximum absolute atomic E-state index is 12.2. The predicted molar refractivity (Wildman–Crippen MR) is 105 cm³/mol. The van der Waals surface area contributed by atoms with Gasteiger partial charge in [-0.1, -0.05) is 34.8 Å². The predicted octanol–water partition coefficient (Wildman–Crippen LogP) is 5.20. The number of rotatable bonds is 6. The van der Waals surface area contributed by atoms with Crippen molar-refractivity contribution < 1.29 is 19.2 Å². The van der Waals surface area contributed by atoms with E-state index in [1.807, 2.05) is 0 Å². The normalized spacial score (nSPS) is 10.4. The van der Waals surface area contributed by atoms with E-state index in [9.17, 15) is 14.9 Å². The first kappa shape index (κ1) is 21.1. The Morgan fingerprint density at radius 2 is 1.74 bits per heavy atom. The van der Waals surface area contributed by atoms with E-state index in [0.717, 1.165) is 0 Å². The van der Waals surface area contributed by atoms with E-state index in [1.165, 1.54) is 25.3 Å². The Morgan fingerprint density at radius 3 is 2.26 bits per heavy atom. The molecule has 0 aliphatic rings. The highest BCUT2D eigenvalue weighted by Crippen LogP contribution is 2.42. The Morgan fingerprint density at radius 1 is 1.15 bits per heavy atom. The molecule has 1 N–H and O–H groups in total. The maximum atomic E-state index is 12.2. The SMILES string of the molecule is COc1ccc([N+](=O)[O-])cc1NC(=O)COc1c(Cl)c(C)c(Cl)c(C)c1Cl. The van der Waals surface area contributed by atoms with Crippen LogP contribution in [0.25, 0.3) is 0 Å². The molecule has 7 nitrogen and oxygen atoms in total. The molecule has 2 aromatic rings. The van der Waals surface area contributed by atoms with Crippen LogP contribution < -0.4 is 14.8 Å². The first-order valence-corrected chi connectivity index (χ1v) is 8.69. The number of carbonyl (C=O) groups is 1. The summed E-state index contributed by atoms with van der Waals surface area (Å²) in [5, 5.41) is 14.2. The summed E-state index contributed by atoms with van der Waals surface area (Å²) in [6.45, 7) is 2.98. The summed E-state index contributed by atoms with van der Waals surface area (Å²) >= 11 is 18.5. The van der Waals surface area contributed by atoms with Crippen LogP contribution in [0.3, 0.4) is 0 Å². The van der Waals surface area contributed by atoms with Gasteiger partial charge >= 0.3 is 0 Å². The number of nitrogens with one attached hydrogen (secondary N) is 1. The summed E-state index contributed by atoms with van der Waals surface area (Å²) in [7, 11) is 1.38. The highest BCUT2D eigenvalue weighted by molar-refractivity contribution is 6.42. The molecule has 0 radical (unpaired) electrons. The third-order valence-electron chi connectivity index (χ3n) is 3.73. The Hall–Kier alpha value is -2.22. The zero-order chi connectivity index (χ0) is 20.3. The number of halogens is 3. The van der Waals surface area contributed by atoms with Gasteiger partial charge in [0, 0.05) is 17.2 Å². The molecule has 0 fully saturated rings. The molecular formula is C17H15Cl3N2O5. The van der Waals surface area contributed by atoms with E-state index in [-0.39, 0.29) is 32.9 Å². The lowest BCUT2D eigenvalue weighted by Crippen LogP contribution is -2.21. The van der Waals surface area contributed by atoms with Gasteiger partial charge in [0.2, 0.25) is 0 Å². The van der Waals surface area contributed by atoms with Crippen LogP contribution >= 0.6 is 34.8 Å². The zero-order valence-corrected chi connectivity index (χ0v) is 16.8. The molecule has 0 spiro atoms. The number of nitrogens with zero attached hydrogens (tertiary/aromatic N) is 1. The minimum atomic E-state index is -0.579. The molecule has 0 saturated carbocycles. The minimum Gasteiger partial charge on any atom is -0.495 e. The number of nitro benzene ring substituents is 1. The maximum Gasteiger partial charge on any atom is 0.271 e. The lowest BCUT2D eigenvalue weighted by molar-refractivity contribution is -0.384. The second kappa shape index (κ2) is 8.65. The Balaban J connectivity index is 2.19. The van der Waals surface area contributed by atoms with Crippen LogP contribution in [0.5, 0.6) is 11.5 Å². The highest BCUT2D eigenvalue weighted by Gasteiger charge is 2.19. The largest absolute Gasteiger partial charge is 0.495 e. The van der Waals surface area contributed by atoms with Gasteiger partial charge in [-0.25, -0.2) is 0 Å². The van der Waals surface area contributed by atoms with E-state index >= 15 is 0 Å². The monoisotopic (exact) mass is 432 g/mol. The molecule has 0 unspecified atom stereocenters. The van der Waals surface area contributed by atoms with Crippen LogP contribution in [0.2, 0.25) is 15.1 Å². The van der Waals surface area contributed by atoms with Crippen molar-refractivity contribution >= 4 is 52.1 Å². The van der Waals surface area contributed by atoms with Gasteiger partial charge < -0.3 is 14.8 Å². The van der Waals surface area contributed by atoms with Gasteiger partial charge in [-0.2, -0.15) is 0 Å². The molecular weight excluding hydrogens is 419 g/mol. The van der Waals surface area contributed by atoms with Crippen molar-refractivity contribution in [1.82, 2.24) is 0 Å². The first-order valence-electron chi connectivity index (χ1n) is 7.56. The standard InChI is InChI=1S/C17H15Cl3N2O5/c1-8-14(18)9(2)16(20)17(15(8)19)27-7-13(23)21-11-6-10(22(24)25)4-5-12(11)26-3/h4-6H,7H2,1-3H3,(H,21,23). The third kappa shape index (κ3) is 4.55. The van der Waals surface area contributed by atoms with Gasteiger partial charge in [-0.15, -0.1) is 0 Å². The average molecular weight is 434 g/mol. The van der Waals surface area contributed by atoms with Crippen LogP contribution in [0.15, 0.2) is 18.2 Å². The smallest absolute Gasteiger partial charge is 0.271 e. The fourth-order valence-electron chi connectivity index (χ4n) is 2.27. The number of nitro groups is 1. The summed E-state index contributed by atoms with van der Waals surface area (Å²) in [6, 6.07) is 3.84. The van der Waals surface area contributed by atoms with E-state index in [1.54, 1.807) is 13.8 Å². The number of anilines is 1. The Labute approximate surface area is 170 Å². The highest BCUT2D eigenvalue weighted by atomic mass is 35.5. The molecule has 2 aromatic carbocycles. The molecule has 10 heteroatoms. The van der Waals surface area contributed by atoms with E-state index < -0.39 is 17.4 Å². The number of carbonyl (C=O) groups excluding carboxylic acids is 1. The molecule has 1 amide bonds. The lowest BCUT2D eigenvalue weighted by Gasteiger charge is -2.16. The summed E-state index contributed by atoms with van der Waals surface area (Å²) in [5.74, 6) is -0.173. The Kier molecular flexibility index (Phi) is 6.75. The second-order valence-corrected chi connectivity index (χ2v) is 6.63. The number of benzene rings is 2. The fraction of sp³-hybridized carbons (Fsp3) is 0.235. The molecule has 0 aliphatic carbocycles. The number of non-ortho nitro benzene ring substituents is 1. The van der Waals surface area contributed by atoms with Gasteiger partial charge in [-0.05, 0) is 31.0 Å². The number of hydrogen-bond donors (Lipinski definition) is 1. The van der Waals surface area contributed by atoms with Crippen molar-refractivity contribution in [2.75, 3.05) is 19.0 Å². The Bertz CT molecular complexity index is 889. The molecule has 144 valence electrons. The zero-order valence-electron chi connectivity index (χ0n) is 14.6. The molecule has 2 rings (SSSR count). The summed E-state index contributed by atoms with van der Waals surface area (Å²) in [4.78, 5) is 22.5. The molecule has 0 bridgehead atoms. The third-order valence-corrected chi connectivity index (χ3v) is 5.21. The molecule has 0 heterocycles. The van der Waals surface area contributed by atoms with Crippen LogP contribution in [0.1, 0.15) is 11.1 Å². The van der Waals surface area contributed by atoms with Gasteiger partial charge in [-0.3, -0.25) is 14.9 Å². The van der Waals surface area contributed by atoms with Crippen LogP contribution in [0, 0.1) is 24.0 Å². The fourth-order valence-corrected chi connectivity index (χ4v) is 3.09. The van der Waals surface area contributed by atoms with Crippen LogP contribution in [-0.4, -0.2) is 24.5 Å². The second-order valence-electron chi connectivity index (χ2n) is 5.50. The summed E-state index contributed by atoms with van der Waals surface area (Å²) in [5.41, 5.74) is 1.11. The molecule has 0 aliphatic heterocycles. The summed E-state index contributed by atoms with van der Waals surface area (Å²) < 4.78 is 10.6. The van der Waals surface area contributed by atoms with E-state index in [2.05, 4.69) is 5.32 Å². The van der Waals surface area contributed by atoms with Crippen molar-refractivity contribution in [3.8, 4) is 11.5 Å². The lowest BCUT2D eigenvalue weighted by atomic mass is 10.1. The van der Waals surface area contributed by atoms with Crippen molar-refractivity contribution in [2.45, 2.75) is 13.8 Å². The molecule has 0 saturated heterocycles. The molecule has 27 heavy (non-hydrogen) atoms. The average Bonchev–Trinajstić information content (AvgIpc) is 2.64. The van der Waals surface area contributed by atoms with Crippen molar-refractivity contribution in [1.29, 1.82) is 0 Å². The molecule has 0 atom stereocenters. The van der Waals surface area contributed by atoms with Crippen molar-refractivity contribution in [2.24, 2.45) is 0 Å². The number of amides is 1. The quantitative estimate of drug-likeness (QED) is 0.499. The van der Waals surface area contributed by atoms with Crippen molar-refractivity contribution in [3.05, 3.63) is 54.5 Å². The summed E-state index contributed by atoms with van der Waals surface area (Å²) in [6.07, 6.45) is 0. The number of hydrogen-bond acceptors (Lipinski definition) is 5. The molecule has 0 aromatic heterocycles. The minimum absolute atomic E-state index is 0.138. The van der Waals surface area contributed by atoms with Crippen molar-refractivity contribution in [3.63, 3.8) is 0 Å². The van der Waals surface area contributed by atoms with E-state index in [0.29, 0.717) is 16.1 Å². The first-order chi connectivity index (χ1) is 12.7. The van der Waals surface area contributed by atoms with Crippen LogP contribution in [0.4, 0.5) is 11.4 Å². The number of methoxy groups -OCH3 is 1. The topological polar surface area (TPSA) is 90.7 Å². The van der Waals surface area contributed by atoms with Gasteiger partial charge in [0.15, 0.2) is 12.4 Å². The van der Waals surface area contributed by atoms with Gasteiger partial charge in [0.25, 0.3) is 11.6 Å². The van der Waals surface area contributed by atoms with Gasteiger partial charge in [0.05, 0.1) is 27.8 Å².